The Morgan fingerprint density at radius 3 is 2.59 bits per heavy atom. The molecule has 1 amide bonds. The molecule has 1 fully saturated rings. The summed E-state index contributed by atoms with van der Waals surface area (Å²) < 4.78 is 14.5. The van der Waals surface area contributed by atoms with Crippen molar-refractivity contribution in [2.24, 2.45) is 0 Å². The largest absolute Gasteiger partial charge is 0.463 e. The minimum absolute atomic E-state index is 0.0932. The van der Waals surface area contributed by atoms with Crippen molar-refractivity contribution >= 4 is 16.9 Å². The summed E-state index contributed by atoms with van der Waals surface area (Å²) in [6.07, 6.45) is 5.00. The smallest absolute Gasteiger partial charge is 0.223 e. The van der Waals surface area contributed by atoms with E-state index in [0.29, 0.717) is 12.2 Å². The molecule has 3 aromatic carbocycles. The molecule has 0 spiro atoms. The van der Waals surface area contributed by atoms with Crippen LogP contribution in [-0.4, -0.2) is 46.3 Å². The number of unbranched alkanes of at least 4 members (excludes halogenated alkanes) is 2. The van der Waals surface area contributed by atoms with Crippen molar-refractivity contribution in [3.8, 4) is 22.8 Å². The predicted octanol–water partition coefficient (Wildman–Crippen LogP) is 7.23. The van der Waals surface area contributed by atoms with E-state index in [2.05, 4.69) is 55.7 Å². The quantitative estimate of drug-likeness (QED) is 0.162. The second-order valence-corrected chi connectivity index (χ2v) is 10.5. The number of aromatic nitrogens is 2. The van der Waals surface area contributed by atoms with Crippen molar-refractivity contribution in [3.05, 3.63) is 77.9 Å². The van der Waals surface area contributed by atoms with Gasteiger partial charge in [-0.2, -0.15) is 0 Å². The minimum atomic E-state index is -0.536. The van der Waals surface area contributed by atoms with Gasteiger partial charge < -0.3 is 14.4 Å². The summed E-state index contributed by atoms with van der Waals surface area (Å²) >= 11 is 0. The topological polar surface area (TPSA) is 56.6 Å². The second-order valence-electron chi connectivity index (χ2n) is 10.5. The number of methoxy groups -OCH3 is 1. The lowest BCUT2D eigenvalue weighted by atomic mass is 10.1. The first-order valence-electron chi connectivity index (χ1n) is 14.1. The molecule has 4 aromatic rings. The number of amides is 1. The standard InChI is InChI=1S/C33H39N3O3/c1-5-6-8-15-31(37)35-20-11-14-29(35)33(38-4)39-27-18-19-28-30(22-27)36(26-17-16-23(2)24(3)21-26)32(34-28)25-12-9-7-10-13-25/h7,9-10,12-13,16-19,21-22,29,33H,5-6,8,11,14-15,20H2,1-4H3/t29-,33-/m1/s1. The van der Waals surface area contributed by atoms with E-state index in [4.69, 9.17) is 14.5 Å². The molecule has 0 radical (unpaired) electrons. The van der Waals surface area contributed by atoms with E-state index in [1.165, 1.54) is 11.1 Å². The van der Waals surface area contributed by atoms with Crippen LogP contribution < -0.4 is 4.74 Å². The minimum Gasteiger partial charge on any atom is -0.463 e. The summed E-state index contributed by atoms with van der Waals surface area (Å²) in [5.74, 6) is 1.78. The lowest BCUT2D eigenvalue weighted by Gasteiger charge is -2.31. The van der Waals surface area contributed by atoms with Crippen LogP contribution in [0, 0.1) is 13.8 Å². The third kappa shape index (κ3) is 5.71. The highest BCUT2D eigenvalue weighted by molar-refractivity contribution is 5.84. The maximum absolute atomic E-state index is 13.0. The molecule has 1 saturated heterocycles. The van der Waals surface area contributed by atoms with Crippen LogP contribution in [-0.2, 0) is 9.53 Å². The van der Waals surface area contributed by atoms with Gasteiger partial charge >= 0.3 is 0 Å². The number of imidazole rings is 1. The fourth-order valence-electron chi connectivity index (χ4n) is 5.51. The molecule has 0 unspecified atom stereocenters. The summed E-state index contributed by atoms with van der Waals surface area (Å²) in [5.41, 5.74) is 6.43. The lowest BCUT2D eigenvalue weighted by molar-refractivity contribution is -0.143. The first-order chi connectivity index (χ1) is 19.0. The summed E-state index contributed by atoms with van der Waals surface area (Å²) in [5, 5.41) is 0. The Kier molecular flexibility index (Phi) is 8.32. The molecule has 0 aliphatic carbocycles. The summed E-state index contributed by atoms with van der Waals surface area (Å²) in [4.78, 5) is 20.0. The van der Waals surface area contributed by atoms with E-state index in [1.54, 1.807) is 7.11 Å². The molecule has 0 bridgehead atoms. The maximum Gasteiger partial charge on any atom is 0.223 e. The monoisotopic (exact) mass is 525 g/mol. The van der Waals surface area contributed by atoms with Crippen molar-refractivity contribution in [1.82, 2.24) is 14.5 Å². The van der Waals surface area contributed by atoms with Crippen LogP contribution in [0.5, 0.6) is 5.75 Å². The Morgan fingerprint density at radius 2 is 1.85 bits per heavy atom. The zero-order valence-electron chi connectivity index (χ0n) is 23.5. The summed E-state index contributed by atoms with van der Waals surface area (Å²) in [6.45, 7) is 7.18. The van der Waals surface area contributed by atoms with Crippen LogP contribution in [0.1, 0.15) is 56.6 Å². The molecular formula is C33H39N3O3. The molecule has 1 aliphatic rings. The normalized spacial score (nSPS) is 16.1. The third-order valence-corrected chi connectivity index (χ3v) is 7.82. The molecule has 6 nitrogen and oxygen atoms in total. The van der Waals surface area contributed by atoms with Crippen LogP contribution in [0.2, 0.25) is 0 Å². The predicted molar refractivity (Wildman–Crippen MR) is 156 cm³/mol. The zero-order chi connectivity index (χ0) is 27.4. The number of fused-ring (bicyclic) bond motifs is 1. The lowest BCUT2D eigenvalue weighted by Crippen LogP contribution is -2.46. The van der Waals surface area contributed by atoms with E-state index in [0.717, 1.165) is 66.8 Å². The van der Waals surface area contributed by atoms with E-state index in [-0.39, 0.29) is 11.9 Å². The van der Waals surface area contributed by atoms with Gasteiger partial charge in [0.25, 0.3) is 0 Å². The van der Waals surface area contributed by atoms with Crippen LogP contribution >= 0.6 is 0 Å². The first kappa shape index (κ1) is 26.9. The Balaban J connectivity index is 1.49. The summed E-state index contributed by atoms with van der Waals surface area (Å²) in [6, 6.07) is 22.7. The number of likely N-dealkylation sites (tertiary alicyclic amines) is 1. The van der Waals surface area contributed by atoms with E-state index < -0.39 is 6.29 Å². The van der Waals surface area contributed by atoms with Crippen LogP contribution in [0.25, 0.3) is 28.1 Å². The SMILES string of the molecule is CCCCCC(=O)N1CCC[C@@H]1[C@H](OC)Oc1ccc2nc(-c3ccccc3)n(-c3ccc(C)c(C)c3)c2c1. The van der Waals surface area contributed by atoms with Gasteiger partial charge in [-0.15, -0.1) is 0 Å². The maximum atomic E-state index is 13.0. The van der Waals surface area contributed by atoms with Gasteiger partial charge in [-0.25, -0.2) is 4.98 Å². The van der Waals surface area contributed by atoms with E-state index in [9.17, 15) is 4.79 Å². The highest BCUT2D eigenvalue weighted by Gasteiger charge is 2.36. The third-order valence-electron chi connectivity index (χ3n) is 7.82. The Morgan fingerprint density at radius 1 is 1.03 bits per heavy atom. The Bertz CT molecular complexity index is 1430. The van der Waals surface area contributed by atoms with Gasteiger partial charge in [0.1, 0.15) is 11.6 Å². The second kappa shape index (κ2) is 12.0. The average Bonchev–Trinajstić information content (AvgIpc) is 3.59. The van der Waals surface area contributed by atoms with Crippen molar-refractivity contribution in [2.75, 3.05) is 13.7 Å². The van der Waals surface area contributed by atoms with Gasteiger partial charge in [-0.1, -0.05) is 56.2 Å². The van der Waals surface area contributed by atoms with Crippen molar-refractivity contribution in [2.45, 2.75) is 71.6 Å². The van der Waals surface area contributed by atoms with E-state index >= 15 is 0 Å². The summed E-state index contributed by atoms with van der Waals surface area (Å²) in [7, 11) is 1.66. The molecule has 39 heavy (non-hydrogen) atoms. The van der Waals surface area contributed by atoms with Crippen molar-refractivity contribution < 1.29 is 14.3 Å². The number of nitrogens with zero attached hydrogens (tertiary/aromatic N) is 3. The average molecular weight is 526 g/mol. The van der Waals surface area contributed by atoms with E-state index in [1.807, 2.05) is 41.3 Å². The van der Waals surface area contributed by atoms with Gasteiger partial charge in [0.15, 0.2) is 0 Å². The number of benzene rings is 3. The zero-order valence-corrected chi connectivity index (χ0v) is 23.5. The Hall–Kier alpha value is -3.64. The fraction of sp³-hybridized carbons (Fsp3) is 0.394. The van der Waals surface area contributed by atoms with Gasteiger partial charge in [0.2, 0.25) is 12.2 Å². The molecule has 1 aliphatic heterocycles. The molecule has 0 saturated carbocycles. The van der Waals surface area contributed by atoms with Gasteiger partial charge in [0, 0.05) is 37.4 Å². The number of rotatable bonds is 10. The van der Waals surface area contributed by atoms with Gasteiger partial charge in [-0.3, -0.25) is 9.36 Å². The highest BCUT2D eigenvalue weighted by atomic mass is 16.7. The number of carbonyl (C=O) groups is 1. The number of aryl methyl sites for hydroxylation is 2. The number of ether oxygens (including phenoxy) is 2. The molecular weight excluding hydrogens is 486 g/mol. The number of hydrogen-bond acceptors (Lipinski definition) is 4. The number of hydrogen-bond donors (Lipinski definition) is 0. The molecule has 204 valence electrons. The first-order valence-corrected chi connectivity index (χ1v) is 14.1. The van der Waals surface area contributed by atoms with Crippen LogP contribution in [0.4, 0.5) is 0 Å². The molecule has 0 N–H and O–H groups in total. The van der Waals surface area contributed by atoms with Crippen molar-refractivity contribution in [1.29, 1.82) is 0 Å². The van der Waals surface area contributed by atoms with Crippen molar-refractivity contribution in [3.63, 3.8) is 0 Å². The fourth-order valence-corrected chi connectivity index (χ4v) is 5.51. The Labute approximate surface area is 231 Å². The van der Waals surface area contributed by atoms with Crippen LogP contribution in [0.3, 0.4) is 0 Å². The molecule has 5 rings (SSSR count). The molecule has 2 heterocycles. The highest BCUT2D eigenvalue weighted by Crippen LogP contribution is 2.33. The molecule has 6 heteroatoms. The van der Waals surface area contributed by atoms with Crippen LogP contribution in [0.15, 0.2) is 66.7 Å². The molecule has 1 aromatic heterocycles. The number of carbonyl (C=O) groups excluding carboxylic acids is 1. The van der Waals surface area contributed by atoms with Gasteiger partial charge in [-0.05, 0) is 68.5 Å². The van der Waals surface area contributed by atoms with Gasteiger partial charge in [0.05, 0.1) is 17.1 Å². The molecule has 2 atom stereocenters.